The molecule has 0 fully saturated rings. The van der Waals surface area contributed by atoms with Crippen LogP contribution in [-0.4, -0.2) is 25.9 Å². The number of anilines is 1. The highest BCUT2D eigenvalue weighted by Crippen LogP contribution is 2.28. The van der Waals surface area contributed by atoms with Crippen LogP contribution in [0.5, 0.6) is 0 Å². The molecule has 9 heteroatoms. The first kappa shape index (κ1) is 21.5. The molecule has 32 heavy (non-hydrogen) atoms. The number of halogens is 2. The van der Waals surface area contributed by atoms with Crippen LogP contribution in [0.1, 0.15) is 24.2 Å². The van der Waals surface area contributed by atoms with E-state index in [0.29, 0.717) is 16.8 Å². The van der Waals surface area contributed by atoms with E-state index in [9.17, 15) is 14.0 Å². The lowest BCUT2D eigenvalue weighted by Crippen LogP contribution is -2.37. The monoisotopic (exact) mass is 451 g/mol. The van der Waals surface area contributed by atoms with Gasteiger partial charge in [-0.2, -0.15) is 0 Å². The highest BCUT2D eigenvalue weighted by molar-refractivity contribution is 6.31. The van der Waals surface area contributed by atoms with Gasteiger partial charge in [0.15, 0.2) is 0 Å². The van der Waals surface area contributed by atoms with Crippen LogP contribution in [0.25, 0.3) is 10.8 Å². The molecule has 0 aliphatic heterocycles. The Morgan fingerprint density at radius 3 is 2.72 bits per heavy atom. The van der Waals surface area contributed by atoms with Crippen molar-refractivity contribution in [2.75, 3.05) is 5.32 Å². The van der Waals surface area contributed by atoms with Crippen molar-refractivity contribution >= 4 is 34.1 Å². The van der Waals surface area contributed by atoms with Gasteiger partial charge in [0, 0.05) is 23.5 Å². The van der Waals surface area contributed by atoms with Gasteiger partial charge in [0.05, 0.1) is 23.3 Å². The second-order valence-electron chi connectivity index (χ2n) is 7.18. The smallest absolute Gasteiger partial charge is 0.322 e. The fraction of sp³-hybridized carbons (Fsp3) is 0.130. The summed E-state index contributed by atoms with van der Waals surface area (Å²) in [6.07, 6.45) is 4.62. The Morgan fingerprint density at radius 1 is 1.22 bits per heavy atom. The van der Waals surface area contributed by atoms with Crippen LogP contribution >= 0.6 is 11.6 Å². The molecule has 2 amide bonds. The van der Waals surface area contributed by atoms with E-state index in [4.69, 9.17) is 11.6 Å². The standard InChI is InChI=1S/C23H19ClFN5O2/c1-14(19-11-27-22(31)18-5-3-2-4-17(18)19)30(12-16-8-9-26-13-28-16)23(32)29-15-6-7-21(25)20(24)10-15/h2-11,13-14H,12H2,1H3,(H,27,31)(H,29,32). The molecular weight excluding hydrogens is 433 g/mol. The number of nitrogens with zero attached hydrogens (tertiary/aromatic N) is 3. The van der Waals surface area contributed by atoms with E-state index >= 15 is 0 Å². The van der Waals surface area contributed by atoms with Gasteiger partial charge in [0.1, 0.15) is 12.1 Å². The zero-order valence-corrected chi connectivity index (χ0v) is 17.8. The van der Waals surface area contributed by atoms with E-state index < -0.39 is 17.9 Å². The molecule has 0 bridgehead atoms. The molecule has 4 rings (SSSR count). The maximum absolute atomic E-state index is 13.5. The molecule has 7 nitrogen and oxygen atoms in total. The Bertz CT molecular complexity index is 1330. The summed E-state index contributed by atoms with van der Waals surface area (Å²) in [7, 11) is 0. The summed E-state index contributed by atoms with van der Waals surface area (Å²) in [5, 5.41) is 3.94. The predicted octanol–water partition coefficient (Wildman–Crippen LogP) is 4.91. The first-order chi connectivity index (χ1) is 15.4. The van der Waals surface area contributed by atoms with Gasteiger partial charge < -0.3 is 15.2 Å². The number of hydrogen-bond acceptors (Lipinski definition) is 4. The number of amides is 2. The molecule has 2 heterocycles. The second-order valence-corrected chi connectivity index (χ2v) is 7.59. The minimum Gasteiger partial charge on any atom is -0.328 e. The van der Waals surface area contributed by atoms with Gasteiger partial charge in [-0.15, -0.1) is 0 Å². The zero-order chi connectivity index (χ0) is 22.7. The minimum absolute atomic E-state index is 0.0928. The summed E-state index contributed by atoms with van der Waals surface area (Å²) >= 11 is 5.85. The van der Waals surface area contributed by atoms with Crippen molar-refractivity contribution in [1.29, 1.82) is 0 Å². The van der Waals surface area contributed by atoms with Crippen molar-refractivity contribution in [3.05, 3.63) is 99.7 Å². The lowest BCUT2D eigenvalue weighted by molar-refractivity contribution is 0.188. The maximum atomic E-state index is 13.5. The molecule has 1 unspecified atom stereocenters. The van der Waals surface area contributed by atoms with Gasteiger partial charge in [0.2, 0.25) is 0 Å². The summed E-state index contributed by atoms with van der Waals surface area (Å²) in [6, 6.07) is 12.0. The van der Waals surface area contributed by atoms with Crippen molar-refractivity contribution in [3.63, 3.8) is 0 Å². The van der Waals surface area contributed by atoms with Gasteiger partial charge in [0.25, 0.3) is 5.56 Å². The minimum atomic E-state index is -0.574. The van der Waals surface area contributed by atoms with Crippen molar-refractivity contribution in [3.8, 4) is 0 Å². The van der Waals surface area contributed by atoms with E-state index in [-0.39, 0.29) is 17.1 Å². The van der Waals surface area contributed by atoms with Gasteiger partial charge in [-0.25, -0.2) is 19.2 Å². The van der Waals surface area contributed by atoms with Crippen LogP contribution in [0.2, 0.25) is 5.02 Å². The number of aromatic nitrogens is 3. The fourth-order valence-electron chi connectivity index (χ4n) is 3.49. The van der Waals surface area contributed by atoms with Crippen molar-refractivity contribution < 1.29 is 9.18 Å². The van der Waals surface area contributed by atoms with E-state index in [1.54, 1.807) is 35.5 Å². The first-order valence-corrected chi connectivity index (χ1v) is 10.2. The molecule has 0 saturated carbocycles. The Hall–Kier alpha value is -3.78. The first-order valence-electron chi connectivity index (χ1n) is 9.82. The summed E-state index contributed by atoms with van der Waals surface area (Å²) < 4.78 is 13.5. The number of aromatic amines is 1. The van der Waals surface area contributed by atoms with Crippen molar-refractivity contribution in [2.24, 2.45) is 0 Å². The number of nitrogens with one attached hydrogen (secondary N) is 2. The van der Waals surface area contributed by atoms with Crippen LogP contribution in [0, 0.1) is 5.82 Å². The molecule has 162 valence electrons. The normalized spacial score (nSPS) is 11.8. The number of urea groups is 1. The summed E-state index contributed by atoms with van der Waals surface area (Å²) in [5.41, 5.74) is 1.55. The number of fused-ring (bicyclic) bond motifs is 1. The van der Waals surface area contributed by atoms with Crippen LogP contribution in [0.3, 0.4) is 0 Å². The molecule has 1 atom stereocenters. The van der Waals surface area contributed by atoms with Crippen LogP contribution in [0.4, 0.5) is 14.9 Å². The quantitative estimate of drug-likeness (QED) is 0.451. The molecule has 0 saturated heterocycles. The van der Waals surface area contributed by atoms with Crippen molar-refractivity contribution in [1.82, 2.24) is 19.9 Å². The van der Waals surface area contributed by atoms with E-state index in [1.807, 2.05) is 19.1 Å². The number of carbonyl (C=O) groups is 1. The van der Waals surface area contributed by atoms with Gasteiger partial charge in [-0.1, -0.05) is 29.8 Å². The number of carbonyl (C=O) groups excluding carboxylic acids is 1. The molecule has 2 N–H and O–H groups in total. The third kappa shape index (κ3) is 4.45. The summed E-state index contributed by atoms with van der Waals surface area (Å²) in [6.45, 7) is 2.04. The number of rotatable bonds is 5. The Kier molecular flexibility index (Phi) is 6.13. The van der Waals surface area contributed by atoms with Crippen LogP contribution < -0.4 is 10.9 Å². The fourth-order valence-corrected chi connectivity index (χ4v) is 3.67. The van der Waals surface area contributed by atoms with E-state index in [0.717, 1.165) is 10.9 Å². The molecule has 0 radical (unpaired) electrons. The average molecular weight is 452 g/mol. The number of pyridine rings is 1. The predicted molar refractivity (Wildman–Crippen MR) is 121 cm³/mol. The van der Waals surface area contributed by atoms with Gasteiger partial charge in [-0.05, 0) is 48.2 Å². The Balaban J connectivity index is 1.72. The van der Waals surface area contributed by atoms with E-state index in [1.165, 1.54) is 24.5 Å². The lowest BCUT2D eigenvalue weighted by Gasteiger charge is -2.30. The second kappa shape index (κ2) is 9.15. The summed E-state index contributed by atoms with van der Waals surface area (Å²) in [5.74, 6) is -0.574. The Labute approximate surface area is 187 Å². The number of H-pyrrole nitrogens is 1. The molecule has 0 aliphatic carbocycles. The van der Waals surface area contributed by atoms with Gasteiger partial charge in [-0.3, -0.25) is 4.79 Å². The summed E-state index contributed by atoms with van der Waals surface area (Å²) in [4.78, 5) is 38.0. The Morgan fingerprint density at radius 2 is 2.00 bits per heavy atom. The third-order valence-electron chi connectivity index (χ3n) is 5.17. The molecule has 0 aliphatic rings. The largest absolute Gasteiger partial charge is 0.328 e. The highest BCUT2D eigenvalue weighted by Gasteiger charge is 2.25. The lowest BCUT2D eigenvalue weighted by atomic mass is 10.0. The van der Waals surface area contributed by atoms with Crippen molar-refractivity contribution in [2.45, 2.75) is 19.5 Å². The molecule has 2 aromatic heterocycles. The molecular formula is C23H19ClFN5O2. The number of benzene rings is 2. The van der Waals surface area contributed by atoms with Crippen LogP contribution in [0.15, 0.2) is 72.0 Å². The van der Waals surface area contributed by atoms with E-state index in [2.05, 4.69) is 20.3 Å². The SMILES string of the molecule is CC(c1c[nH]c(=O)c2ccccc12)N(Cc1ccncn1)C(=O)Nc1ccc(F)c(Cl)c1. The molecule has 2 aromatic carbocycles. The average Bonchev–Trinajstić information content (AvgIpc) is 2.80. The molecule has 0 spiro atoms. The maximum Gasteiger partial charge on any atom is 0.322 e. The third-order valence-corrected chi connectivity index (χ3v) is 5.46. The topological polar surface area (TPSA) is 91.0 Å². The highest BCUT2D eigenvalue weighted by atomic mass is 35.5. The zero-order valence-electron chi connectivity index (χ0n) is 17.0. The number of hydrogen-bond donors (Lipinski definition) is 2. The van der Waals surface area contributed by atoms with Gasteiger partial charge >= 0.3 is 6.03 Å². The van der Waals surface area contributed by atoms with Crippen LogP contribution in [-0.2, 0) is 6.54 Å². The molecule has 4 aromatic rings.